The van der Waals surface area contributed by atoms with Crippen molar-refractivity contribution in [3.05, 3.63) is 35.4 Å². The highest BCUT2D eigenvalue weighted by molar-refractivity contribution is 6.20. The summed E-state index contributed by atoms with van der Waals surface area (Å²) in [6, 6.07) is 6.45. The van der Waals surface area contributed by atoms with Crippen LogP contribution in [-0.2, 0) is 9.63 Å². The van der Waals surface area contributed by atoms with Crippen LogP contribution in [-0.4, -0.2) is 22.8 Å². The van der Waals surface area contributed by atoms with Gasteiger partial charge in [0.1, 0.15) is 0 Å². The first kappa shape index (κ1) is 12.8. The quantitative estimate of drug-likeness (QED) is 0.790. The highest BCUT2D eigenvalue weighted by atomic mass is 16.7. The Morgan fingerprint density at radius 2 is 1.75 bits per heavy atom. The summed E-state index contributed by atoms with van der Waals surface area (Å²) in [6.45, 7) is 4.08. The molecule has 2 amide bonds. The molecular weight excluding hydrogens is 258 g/mol. The molecule has 104 valence electrons. The third-order valence-corrected chi connectivity index (χ3v) is 3.94. The van der Waals surface area contributed by atoms with E-state index >= 15 is 0 Å². The molecule has 0 bridgehead atoms. The van der Waals surface area contributed by atoms with Gasteiger partial charge in [-0.25, -0.2) is 4.79 Å². The SMILES string of the molecule is CC(C)C1CC1C(=O)ON1C(=O)c2ccccc2C1=O. The molecule has 0 N–H and O–H groups in total. The molecule has 1 saturated carbocycles. The number of hydrogen-bond acceptors (Lipinski definition) is 4. The Balaban J connectivity index is 1.73. The summed E-state index contributed by atoms with van der Waals surface area (Å²) in [5.74, 6) is -1.13. The van der Waals surface area contributed by atoms with Crippen LogP contribution in [0, 0.1) is 17.8 Å². The van der Waals surface area contributed by atoms with Crippen molar-refractivity contribution in [2.24, 2.45) is 17.8 Å². The van der Waals surface area contributed by atoms with E-state index in [2.05, 4.69) is 0 Å². The van der Waals surface area contributed by atoms with Crippen molar-refractivity contribution in [3.8, 4) is 0 Å². The molecule has 5 nitrogen and oxygen atoms in total. The molecule has 2 unspecified atom stereocenters. The van der Waals surface area contributed by atoms with E-state index < -0.39 is 17.8 Å². The number of benzene rings is 1. The lowest BCUT2D eigenvalue weighted by Gasteiger charge is -2.12. The zero-order valence-corrected chi connectivity index (χ0v) is 11.3. The lowest BCUT2D eigenvalue weighted by Crippen LogP contribution is -2.33. The van der Waals surface area contributed by atoms with Crippen LogP contribution in [0.15, 0.2) is 24.3 Å². The smallest absolute Gasteiger partial charge is 0.329 e. The van der Waals surface area contributed by atoms with Gasteiger partial charge >= 0.3 is 5.97 Å². The van der Waals surface area contributed by atoms with E-state index in [1.165, 1.54) is 0 Å². The van der Waals surface area contributed by atoms with E-state index in [0.717, 1.165) is 6.42 Å². The summed E-state index contributed by atoms with van der Waals surface area (Å²) in [7, 11) is 0. The first-order valence-electron chi connectivity index (χ1n) is 6.70. The first-order valence-corrected chi connectivity index (χ1v) is 6.70. The van der Waals surface area contributed by atoms with Crippen molar-refractivity contribution in [2.75, 3.05) is 0 Å². The summed E-state index contributed by atoms with van der Waals surface area (Å²) < 4.78 is 0. The topological polar surface area (TPSA) is 63.7 Å². The second-order valence-electron chi connectivity index (χ2n) is 5.61. The van der Waals surface area contributed by atoms with E-state index in [0.29, 0.717) is 11.0 Å². The second-order valence-corrected chi connectivity index (χ2v) is 5.61. The zero-order valence-electron chi connectivity index (χ0n) is 11.3. The normalized spacial score (nSPS) is 24.1. The Bertz CT molecular complexity index is 573. The Morgan fingerprint density at radius 1 is 1.20 bits per heavy atom. The molecule has 2 atom stereocenters. The maximum Gasteiger partial charge on any atom is 0.336 e. The largest absolute Gasteiger partial charge is 0.336 e. The van der Waals surface area contributed by atoms with Crippen molar-refractivity contribution in [2.45, 2.75) is 20.3 Å². The number of imide groups is 1. The molecule has 1 heterocycles. The number of carbonyl (C=O) groups is 3. The summed E-state index contributed by atoms with van der Waals surface area (Å²) in [5.41, 5.74) is 0.558. The Kier molecular flexibility index (Phi) is 2.85. The zero-order chi connectivity index (χ0) is 14.4. The summed E-state index contributed by atoms with van der Waals surface area (Å²) >= 11 is 0. The monoisotopic (exact) mass is 273 g/mol. The van der Waals surface area contributed by atoms with Crippen LogP contribution in [0.1, 0.15) is 41.0 Å². The minimum absolute atomic E-state index is 0.195. The number of rotatable bonds is 3. The van der Waals surface area contributed by atoms with Crippen LogP contribution >= 0.6 is 0 Å². The van der Waals surface area contributed by atoms with E-state index in [1.807, 2.05) is 13.8 Å². The number of hydroxylamine groups is 2. The van der Waals surface area contributed by atoms with E-state index in [1.54, 1.807) is 24.3 Å². The fourth-order valence-corrected chi connectivity index (χ4v) is 2.63. The van der Waals surface area contributed by atoms with Crippen LogP contribution in [0.5, 0.6) is 0 Å². The lowest BCUT2D eigenvalue weighted by atomic mass is 10.1. The molecule has 5 heteroatoms. The second kappa shape index (κ2) is 4.44. The predicted octanol–water partition coefficient (Wildman–Crippen LogP) is 2.03. The van der Waals surface area contributed by atoms with Gasteiger partial charge in [-0.3, -0.25) is 9.59 Å². The maximum absolute atomic E-state index is 12.0. The molecule has 1 aliphatic carbocycles. The Morgan fingerprint density at radius 3 is 2.20 bits per heavy atom. The first-order chi connectivity index (χ1) is 9.50. The lowest BCUT2D eigenvalue weighted by molar-refractivity contribution is -0.170. The molecule has 0 aromatic heterocycles. The number of fused-ring (bicyclic) bond motifs is 1. The molecule has 0 spiro atoms. The number of hydrogen-bond donors (Lipinski definition) is 0. The predicted molar refractivity (Wildman–Crippen MR) is 69.5 cm³/mol. The molecule has 20 heavy (non-hydrogen) atoms. The fraction of sp³-hybridized carbons (Fsp3) is 0.400. The molecular formula is C15H15NO4. The molecule has 1 fully saturated rings. The molecule has 1 aliphatic heterocycles. The minimum atomic E-state index is -0.569. The van der Waals surface area contributed by atoms with Gasteiger partial charge in [0.25, 0.3) is 11.8 Å². The van der Waals surface area contributed by atoms with Gasteiger partial charge in [0.15, 0.2) is 0 Å². The Hall–Kier alpha value is -2.17. The molecule has 1 aromatic carbocycles. The van der Waals surface area contributed by atoms with E-state index in [-0.39, 0.29) is 23.0 Å². The van der Waals surface area contributed by atoms with Crippen LogP contribution in [0.25, 0.3) is 0 Å². The molecule has 0 saturated heterocycles. The highest BCUT2D eigenvalue weighted by Gasteiger charge is 2.48. The summed E-state index contributed by atoms with van der Waals surface area (Å²) in [5, 5.41) is 0.586. The average Bonchev–Trinajstić information content (AvgIpc) is 3.20. The number of amides is 2. The van der Waals surface area contributed by atoms with E-state index in [9.17, 15) is 14.4 Å². The fourth-order valence-electron chi connectivity index (χ4n) is 2.63. The van der Waals surface area contributed by atoms with Crippen molar-refractivity contribution in [1.29, 1.82) is 0 Å². The highest BCUT2D eigenvalue weighted by Crippen LogP contribution is 2.45. The van der Waals surface area contributed by atoms with Crippen molar-refractivity contribution in [3.63, 3.8) is 0 Å². The maximum atomic E-state index is 12.0. The van der Waals surface area contributed by atoms with Gasteiger partial charge in [-0.05, 0) is 30.4 Å². The van der Waals surface area contributed by atoms with Gasteiger partial charge in [0, 0.05) is 0 Å². The molecule has 0 radical (unpaired) electrons. The summed E-state index contributed by atoms with van der Waals surface area (Å²) in [4.78, 5) is 41.0. The van der Waals surface area contributed by atoms with Crippen molar-refractivity contribution in [1.82, 2.24) is 5.06 Å². The van der Waals surface area contributed by atoms with Gasteiger partial charge < -0.3 is 4.84 Å². The third kappa shape index (κ3) is 1.90. The Labute approximate surface area is 116 Å². The standard InChI is InChI=1S/C15H15NO4/c1-8(2)11-7-12(11)15(19)20-16-13(17)9-5-3-4-6-10(9)14(16)18/h3-6,8,11-12H,7H2,1-2H3. The summed E-state index contributed by atoms with van der Waals surface area (Å²) in [6.07, 6.45) is 0.764. The van der Waals surface area contributed by atoms with Crippen LogP contribution in [0.3, 0.4) is 0 Å². The number of nitrogens with zero attached hydrogens (tertiary/aromatic N) is 1. The van der Waals surface area contributed by atoms with Gasteiger partial charge in [0.05, 0.1) is 17.0 Å². The van der Waals surface area contributed by atoms with Crippen molar-refractivity contribution >= 4 is 17.8 Å². The van der Waals surface area contributed by atoms with Gasteiger partial charge in [-0.15, -0.1) is 0 Å². The number of carbonyl (C=O) groups excluding carboxylic acids is 3. The molecule has 1 aromatic rings. The average molecular weight is 273 g/mol. The molecule has 2 aliphatic rings. The molecule has 3 rings (SSSR count). The van der Waals surface area contributed by atoms with Gasteiger partial charge in [0.2, 0.25) is 0 Å². The van der Waals surface area contributed by atoms with Gasteiger partial charge in [-0.1, -0.05) is 31.0 Å². The minimum Gasteiger partial charge on any atom is -0.329 e. The van der Waals surface area contributed by atoms with Gasteiger partial charge in [-0.2, -0.15) is 0 Å². The van der Waals surface area contributed by atoms with E-state index in [4.69, 9.17) is 4.84 Å². The van der Waals surface area contributed by atoms with Crippen LogP contribution in [0.2, 0.25) is 0 Å². The van der Waals surface area contributed by atoms with Crippen molar-refractivity contribution < 1.29 is 19.2 Å². The van der Waals surface area contributed by atoms with Crippen LogP contribution in [0.4, 0.5) is 0 Å². The van der Waals surface area contributed by atoms with Crippen LogP contribution < -0.4 is 0 Å². The third-order valence-electron chi connectivity index (χ3n) is 3.94.